The summed E-state index contributed by atoms with van der Waals surface area (Å²) in [5.41, 5.74) is 2.85. The van der Waals surface area contributed by atoms with Crippen LogP contribution in [-0.4, -0.2) is 12.6 Å². The van der Waals surface area contributed by atoms with Gasteiger partial charge in [0.2, 0.25) is 0 Å². The van der Waals surface area contributed by atoms with Crippen molar-refractivity contribution < 1.29 is 0 Å². The highest BCUT2D eigenvalue weighted by atomic mass is 14.9. The van der Waals surface area contributed by atoms with Gasteiger partial charge >= 0.3 is 0 Å². The van der Waals surface area contributed by atoms with Gasteiger partial charge in [-0.15, -0.1) is 0 Å². The molecule has 2 rings (SSSR count). The van der Waals surface area contributed by atoms with Gasteiger partial charge in [-0.1, -0.05) is 68.9 Å². The molecule has 1 heteroatoms. The second kappa shape index (κ2) is 8.46. The first kappa shape index (κ1) is 15.6. The first-order valence-electron chi connectivity index (χ1n) is 8.57. The Morgan fingerprint density at radius 2 is 1.80 bits per heavy atom. The van der Waals surface area contributed by atoms with Crippen LogP contribution in [0.1, 0.15) is 63.0 Å². The Morgan fingerprint density at radius 1 is 1.10 bits per heavy atom. The topological polar surface area (TPSA) is 12.0 Å². The molecule has 1 atom stereocenters. The van der Waals surface area contributed by atoms with Gasteiger partial charge in [-0.05, 0) is 44.2 Å². The van der Waals surface area contributed by atoms with E-state index in [4.69, 9.17) is 0 Å². The summed E-state index contributed by atoms with van der Waals surface area (Å²) in [6, 6.07) is 9.76. The third-order valence-electron chi connectivity index (χ3n) is 4.74. The van der Waals surface area contributed by atoms with Crippen LogP contribution in [0.3, 0.4) is 0 Å². The molecule has 112 valence electrons. The van der Waals surface area contributed by atoms with E-state index in [2.05, 4.69) is 43.4 Å². The maximum absolute atomic E-state index is 3.71. The smallest absolute Gasteiger partial charge is 0.00727 e. The van der Waals surface area contributed by atoms with Gasteiger partial charge in [0.25, 0.3) is 0 Å². The van der Waals surface area contributed by atoms with Crippen LogP contribution in [0.25, 0.3) is 0 Å². The van der Waals surface area contributed by atoms with Crippen molar-refractivity contribution >= 4 is 0 Å². The average Bonchev–Trinajstić information content (AvgIpc) is 2.48. The van der Waals surface area contributed by atoms with Crippen LogP contribution < -0.4 is 5.32 Å². The summed E-state index contributed by atoms with van der Waals surface area (Å²) in [4.78, 5) is 0. The Balaban J connectivity index is 1.80. The lowest BCUT2D eigenvalue weighted by atomic mass is 9.83. The Hall–Kier alpha value is -0.820. The molecule has 1 nitrogen and oxygen atoms in total. The van der Waals surface area contributed by atoms with Crippen molar-refractivity contribution in [3.63, 3.8) is 0 Å². The van der Waals surface area contributed by atoms with Crippen molar-refractivity contribution in [1.29, 1.82) is 0 Å². The third kappa shape index (κ3) is 5.28. The highest BCUT2D eigenvalue weighted by molar-refractivity contribution is 5.21. The summed E-state index contributed by atoms with van der Waals surface area (Å²) in [6.07, 6.45) is 11.2. The van der Waals surface area contributed by atoms with Crippen LogP contribution in [0.5, 0.6) is 0 Å². The van der Waals surface area contributed by atoms with Crippen LogP contribution in [0.4, 0.5) is 0 Å². The highest BCUT2D eigenvalue weighted by Crippen LogP contribution is 2.28. The molecule has 1 aromatic carbocycles. The fourth-order valence-corrected chi connectivity index (χ4v) is 3.51. The molecule has 0 aliphatic heterocycles. The average molecular weight is 273 g/mol. The molecular weight excluding hydrogens is 242 g/mol. The first-order valence-corrected chi connectivity index (χ1v) is 8.57. The SMILES string of the molecule is CCNC(CCc1ccc(C)cc1)CC1CCCCC1. The monoisotopic (exact) mass is 273 g/mol. The van der Waals surface area contributed by atoms with E-state index in [1.807, 2.05) is 0 Å². The summed E-state index contributed by atoms with van der Waals surface area (Å²) in [6.45, 7) is 5.50. The molecule has 0 saturated heterocycles. The normalized spacial score (nSPS) is 18.1. The zero-order valence-electron chi connectivity index (χ0n) is 13.3. The van der Waals surface area contributed by atoms with Crippen LogP contribution in [0, 0.1) is 12.8 Å². The summed E-state index contributed by atoms with van der Waals surface area (Å²) in [7, 11) is 0. The van der Waals surface area contributed by atoms with E-state index in [1.165, 1.54) is 62.5 Å². The minimum absolute atomic E-state index is 0.712. The van der Waals surface area contributed by atoms with Crippen LogP contribution in [0.15, 0.2) is 24.3 Å². The fourth-order valence-electron chi connectivity index (χ4n) is 3.51. The van der Waals surface area contributed by atoms with E-state index in [1.54, 1.807) is 0 Å². The number of nitrogens with one attached hydrogen (secondary N) is 1. The molecule has 0 spiro atoms. The fraction of sp³-hybridized carbons (Fsp3) is 0.684. The molecule has 1 fully saturated rings. The van der Waals surface area contributed by atoms with E-state index in [-0.39, 0.29) is 0 Å². The van der Waals surface area contributed by atoms with E-state index < -0.39 is 0 Å². The third-order valence-corrected chi connectivity index (χ3v) is 4.74. The number of benzene rings is 1. The van der Waals surface area contributed by atoms with Gasteiger partial charge in [0, 0.05) is 6.04 Å². The molecule has 0 heterocycles. The highest BCUT2D eigenvalue weighted by Gasteiger charge is 2.18. The van der Waals surface area contributed by atoms with Crippen molar-refractivity contribution in [3.8, 4) is 0 Å². The predicted octanol–water partition coefficient (Wildman–Crippen LogP) is 4.88. The summed E-state index contributed by atoms with van der Waals surface area (Å²) in [5, 5.41) is 3.71. The Kier molecular flexibility index (Phi) is 6.59. The predicted molar refractivity (Wildman–Crippen MR) is 88.2 cm³/mol. The number of aryl methyl sites for hydroxylation is 2. The van der Waals surface area contributed by atoms with Gasteiger partial charge in [-0.2, -0.15) is 0 Å². The van der Waals surface area contributed by atoms with Gasteiger partial charge in [0.1, 0.15) is 0 Å². The standard InChI is InChI=1S/C19H31N/c1-3-20-19(15-18-7-5-4-6-8-18)14-13-17-11-9-16(2)10-12-17/h9-12,18-20H,3-8,13-15H2,1-2H3. The van der Waals surface area contributed by atoms with Crippen molar-refractivity contribution in [1.82, 2.24) is 5.32 Å². The van der Waals surface area contributed by atoms with E-state index in [9.17, 15) is 0 Å². The van der Waals surface area contributed by atoms with Crippen molar-refractivity contribution in [2.45, 2.75) is 71.3 Å². The van der Waals surface area contributed by atoms with Crippen molar-refractivity contribution in [2.24, 2.45) is 5.92 Å². The van der Waals surface area contributed by atoms with Gasteiger partial charge in [0.15, 0.2) is 0 Å². The Morgan fingerprint density at radius 3 is 2.45 bits per heavy atom. The maximum Gasteiger partial charge on any atom is 0.00727 e. The molecular formula is C19H31N. The molecule has 1 aliphatic carbocycles. The molecule has 1 unspecified atom stereocenters. The maximum atomic E-state index is 3.71. The van der Waals surface area contributed by atoms with Crippen LogP contribution in [0.2, 0.25) is 0 Å². The second-order valence-electron chi connectivity index (χ2n) is 6.52. The molecule has 20 heavy (non-hydrogen) atoms. The number of hydrogen-bond acceptors (Lipinski definition) is 1. The van der Waals surface area contributed by atoms with Gasteiger partial charge < -0.3 is 5.32 Å². The van der Waals surface area contributed by atoms with Gasteiger partial charge in [0.05, 0.1) is 0 Å². The quantitative estimate of drug-likeness (QED) is 0.747. The lowest BCUT2D eigenvalue weighted by Crippen LogP contribution is -2.32. The minimum atomic E-state index is 0.712. The number of rotatable bonds is 7. The molecule has 0 bridgehead atoms. The lowest BCUT2D eigenvalue weighted by molar-refractivity contribution is 0.292. The zero-order chi connectivity index (χ0) is 14.2. The van der Waals surface area contributed by atoms with E-state index >= 15 is 0 Å². The van der Waals surface area contributed by atoms with Gasteiger partial charge in [-0.3, -0.25) is 0 Å². The molecule has 1 aliphatic rings. The molecule has 0 aromatic heterocycles. The lowest BCUT2D eigenvalue weighted by Gasteiger charge is -2.27. The minimum Gasteiger partial charge on any atom is -0.314 e. The Bertz CT molecular complexity index is 362. The van der Waals surface area contributed by atoms with Crippen molar-refractivity contribution in [2.75, 3.05) is 6.54 Å². The number of hydrogen-bond donors (Lipinski definition) is 1. The molecule has 0 radical (unpaired) electrons. The first-order chi connectivity index (χ1) is 9.78. The van der Waals surface area contributed by atoms with Gasteiger partial charge in [-0.25, -0.2) is 0 Å². The molecule has 1 aromatic rings. The Labute approximate surface area is 125 Å². The summed E-state index contributed by atoms with van der Waals surface area (Å²) < 4.78 is 0. The molecule has 1 N–H and O–H groups in total. The van der Waals surface area contributed by atoms with Crippen LogP contribution in [-0.2, 0) is 6.42 Å². The largest absolute Gasteiger partial charge is 0.314 e. The molecule has 1 saturated carbocycles. The van der Waals surface area contributed by atoms with Crippen LogP contribution >= 0.6 is 0 Å². The van der Waals surface area contributed by atoms with E-state index in [0.29, 0.717) is 6.04 Å². The zero-order valence-corrected chi connectivity index (χ0v) is 13.3. The molecule has 0 amide bonds. The second-order valence-corrected chi connectivity index (χ2v) is 6.52. The van der Waals surface area contributed by atoms with Crippen molar-refractivity contribution in [3.05, 3.63) is 35.4 Å². The van der Waals surface area contributed by atoms with E-state index in [0.717, 1.165) is 12.5 Å². The summed E-state index contributed by atoms with van der Waals surface area (Å²) in [5.74, 6) is 0.978. The summed E-state index contributed by atoms with van der Waals surface area (Å²) >= 11 is 0.